The molecule has 8 rings (SSSR count). The first kappa shape index (κ1) is 35.4. The topological polar surface area (TPSA) is 138 Å². The van der Waals surface area contributed by atoms with Gasteiger partial charge < -0.3 is 24.0 Å². The molecule has 2 aliphatic heterocycles. The van der Waals surface area contributed by atoms with E-state index in [0.717, 1.165) is 77.2 Å². The summed E-state index contributed by atoms with van der Waals surface area (Å²) < 4.78 is 44.3. The summed E-state index contributed by atoms with van der Waals surface area (Å²) in [6.45, 7) is 3.73. The lowest BCUT2D eigenvalue weighted by Crippen LogP contribution is -2.41. The fourth-order valence-electron chi connectivity index (χ4n) is 7.86. The number of nitrogens with zero attached hydrogens (tertiary/aromatic N) is 4. The molecule has 0 spiro atoms. The Morgan fingerprint density at radius 3 is 2.33 bits per heavy atom. The van der Waals surface area contributed by atoms with Gasteiger partial charge in [0.05, 0.1) is 5.56 Å². The Bertz CT molecular complexity index is 2430. The smallest absolute Gasteiger partial charge is 0.387 e. The molecule has 2 N–H and O–H groups in total. The van der Waals surface area contributed by atoms with E-state index in [-0.39, 0.29) is 17.9 Å². The zero-order chi connectivity index (χ0) is 37.5. The Balaban J connectivity index is 1.11. The SMILES string of the molecule is Cc1c(-c2nc3cc(CN4CCC[C@H]4C(=O)O)c(OC(F)F)cc3o2)cccc1-c1cccc(-c2nc3cc(CCCC4CNC4)cc(C#N)c3o2)c1C. The molecule has 54 heavy (non-hydrogen) atoms. The Morgan fingerprint density at radius 2 is 1.69 bits per heavy atom. The van der Waals surface area contributed by atoms with Crippen molar-refractivity contribution in [1.29, 1.82) is 5.26 Å². The van der Waals surface area contributed by atoms with Crippen molar-refractivity contribution in [3.8, 4) is 45.9 Å². The van der Waals surface area contributed by atoms with Crippen molar-refractivity contribution >= 4 is 28.2 Å². The number of nitriles is 1. The number of oxazole rings is 2. The van der Waals surface area contributed by atoms with Gasteiger partial charge in [-0.2, -0.15) is 14.0 Å². The van der Waals surface area contributed by atoms with Crippen molar-refractivity contribution in [3.05, 3.63) is 88.5 Å². The molecule has 0 aliphatic carbocycles. The van der Waals surface area contributed by atoms with Crippen LogP contribution in [0.25, 0.3) is 56.2 Å². The molecule has 0 bridgehead atoms. The Morgan fingerprint density at radius 1 is 1.00 bits per heavy atom. The van der Waals surface area contributed by atoms with Crippen LogP contribution in [0.3, 0.4) is 0 Å². The number of aryl methyl sites for hydroxylation is 1. The monoisotopic (exact) mass is 731 g/mol. The molecule has 6 aromatic rings. The van der Waals surface area contributed by atoms with Crippen LogP contribution in [-0.4, -0.2) is 58.2 Å². The molecule has 12 heteroatoms. The number of hydrogen-bond acceptors (Lipinski definition) is 9. The number of ether oxygens (including phenoxy) is 1. The Kier molecular flexibility index (Phi) is 9.60. The van der Waals surface area contributed by atoms with Gasteiger partial charge in [-0.3, -0.25) is 9.69 Å². The molecule has 2 aliphatic rings. The van der Waals surface area contributed by atoms with Crippen molar-refractivity contribution in [2.75, 3.05) is 19.6 Å². The van der Waals surface area contributed by atoms with E-state index in [1.54, 1.807) is 11.0 Å². The minimum absolute atomic E-state index is 0.0758. The fraction of sp³-hybridized carbons (Fsp3) is 0.333. The number of alkyl halides is 2. The number of nitrogens with one attached hydrogen (secondary N) is 1. The van der Waals surface area contributed by atoms with Gasteiger partial charge in [-0.1, -0.05) is 24.3 Å². The molecule has 10 nitrogen and oxygen atoms in total. The van der Waals surface area contributed by atoms with Crippen LogP contribution in [0.5, 0.6) is 5.75 Å². The number of carbonyl (C=O) groups is 1. The van der Waals surface area contributed by atoms with E-state index in [4.69, 9.17) is 23.5 Å². The van der Waals surface area contributed by atoms with Crippen molar-refractivity contribution < 1.29 is 32.3 Å². The number of rotatable bonds is 12. The van der Waals surface area contributed by atoms with Crippen molar-refractivity contribution in [1.82, 2.24) is 20.2 Å². The van der Waals surface area contributed by atoms with E-state index in [9.17, 15) is 23.9 Å². The third-order valence-electron chi connectivity index (χ3n) is 10.8. The molecule has 2 fully saturated rings. The summed E-state index contributed by atoms with van der Waals surface area (Å²) in [5.74, 6) is 0.464. The highest BCUT2D eigenvalue weighted by Gasteiger charge is 2.31. The lowest BCUT2D eigenvalue weighted by Gasteiger charge is -2.26. The normalized spacial score (nSPS) is 16.3. The predicted octanol–water partition coefficient (Wildman–Crippen LogP) is 8.65. The quantitative estimate of drug-likeness (QED) is 0.126. The fourth-order valence-corrected chi connectivity index (χ4v) is 7.86. The number of halogens is 2. The van der Waals surface area contributed by atoms with Crippen LogP contribution >= 0.6 is 0 Å². The van der Waals surface area contributed by atoms with E-state index >= 15 is 0 Å². The van der Waals surface area contributed by atoms with E-state index in [1.165, 1.54) is 6.07 Å². The molecule has 4 heterocycles. The zero-order valence-electron chi connectivity index (χ0n) is 30.0. The van der Waals surface area contributed by atoms with Crippen LogP contribution in [0.4, 0.5) is 8.78 Å². The molecule has 0 unspecified atom stereocenters. The maximum Gasteiger partial charge on any atom is 0.387 e. The number of aromatic nitrogens is 2. The standard InChI is InChI=1S/C42H39F2N5O5/c1-23-29(30-10-5-12-32(24(30)2)40-48-34-16-25(7-3-8-26-20-46-21-26)15-27(19-45)38(34)54-40)9-4-11-31(23)39-47-33-17-28(22-49-14-6-13-35(49)41(50)51)36(53-42(43)44)18-37(33)52-39/h4-5,9-12,15-18,26,35,42,46H,3,6-8,13-14,20-22H2,1-2H3,(H,50,51)/t35-/m0/s1. The molecule has 4 aromatic carbocycles. The number of fused-ring (bicyclic) bond motifs is 2. The third-order valence-corrected chi connectivity index (χ3v) is 10.8. The highest BCUT2D eigenvalue weighted by molar-refractivity contribution is 5.86. The molecular formula is C42H39F2N5O5. The van der Waals surface area contributed by atoms with Crippen LogP contribution in [0.15, 0.2) is 69.5 Å². The van der Waals surface area contributed by atoms with Crippen LogP contribution in [-0.2, 0) is 17.8 Å². The Labute approximate surface area is 310 Å². The molecule has 2 aromatic heterocycles. The number of aliphatic carboxylic acids is 1. The zero-order valence-corrected chi connectivity index (χ0v) is 30.0. The maximum atomic E-state index is 13.5. The average Bonchev–Trinajstić information content (AvgIpc) is 3.88. The first-order valence-corrected chi connectivity index (χ1v) is 18.3. The van der Waals surface area contributed by atoms with E-state index in [1.807, 2.05) is 62.4 Å². The molecule has 0 radical (unpaired) electrons. The van der Waals surface area contributed by atoms with Crippen LogP contribution in [0, 0.1) is 31.1 Å². The third kappa shape index (κ3) is 6.81. The van der Waals surface area contributed by atoms with Crippen LogP contribution in [0.1, 0.15) is 53.5 Å². The number of hydrogen-bond donors (Lipinski definition) is 2. The summed E-state index contributed by atoms with van der Waals surface area (Å²) in [7, 11) is 0. The van der Waals surface area contributed by atoms with Gasteiger partial charge in [0, 0.05) is 29.3 Å². The largest absolute Gasteiger partial charge is 0.480 e. The minimum atomic E-state index is -3.07. The summed E-state index contributed by atoms with van der Waals surface area (Å²) in [6, 6.07) is 20.3. The molecular weight excluding hydrogens is 692 g/mol. The highest BCUT2D eigenvalue weighted by atomic mass is 19.3. The van der Waals surface area contributed by atoms with Gasteiger partial charge >= 0.3 is 12.6 Å². The number of carboxylic acid groups (broad SMARTS) is 1. The molecule has 1 atom stereocenters. The van der Waals surface area contributed by atoms with Gasteiger partial charge in [0.1, 0.15) is 28.9 Å². The molecule has 0 amide bonds. The summed E-state index contributed by atoms with van der Waals surface area (Å²) in [6.07, 6.45) is 4.28. The van der Waals surface area contributed by atoms with Crippen LogP contribution in [0.2, 0.25) is 0 Å². The maximum absolute atomic E-state index is 13.5. The lowest BCUT2D eigenvalue weighted by atomic mass is 9.91. The second-order valence-corrected chi connectivity index (χ2v) is 14.3. The first-order valence-electron chi connectivity index (χ1n) is 18.3. The van der Waals surface area contributed by atoms with E-state index in [2.05, 4.69) is 11.4 Å². The molecule has 0 saturated carbocycles. The van der Waals surface area contributed by atoms with Gasteiger partial charge in [0.25, 0.3) is 0 Å². The lowest BCUT2D eigenvalue weighted by molar-refractivity contribution is -0.142. The number of benzene rings is 4. The predicted molar refractivity (Wildman–Crippen MR) is 199 cm³/mol. The van der Waals surface area contributed by atoms with E-state index < -0.39 is 18.6 Å². The van der Waals surface area contributed by atoms with Crippen molar-refractivity contribution in [2.45, 2.75) is 65.1 Å². The molecule has 2 saturated heterocycles. The number of carboxylic acids is 1. The van der Waals surface area contributed by atoms with E-state index in [0.29, 0.717) is 58.9 Å². The van der Waals surface area contributed by atoms with Crippen molar-refractivity contribution in [3.63, 3.8) is 0 Å². The average molecular weight is 732 g/mol. The first-order chi connectivity index (χ1) is 26.2. The Hall–Kier alpha value is -5.64. The summed E-state index contributed by atoms with van der Waals surface area (Å²) in [4.78, 5) is 23.2. The summed E-state index contributed by atoms with van der Waals surface area (Å²) in [5, 5.41) is 23.0. The highest BCUT2D eigenvalue weighted by Crippen LogP contribution is 2.39. The van der Waals surface area contributed by atoms with Gasteiger partial charge in [0.2, 0.25) is 11.8 Å². The number of likely N-dealkylation sites (tertiary alicyclic amines) is 1. The minimum Gasteiger partial charge on any atom is -0.480 e. The van der Waals surface area contributed by atoms with Gasteiger partial charge in [-0.25, -0.2) is 9.97 Å². The second-order valence-electron chi connectivity index (χ2n) is 14.3. The second kappa shape index (κ2) is 14.6. The van der Waals surface area contributed by atoms with Gasteiger partial charge in [-0.05, 0) is 130 Å². The molecule has 276 valence electrons. The van der Waals surface area contributed by atoms with Crippen LogP contribution < -0.4 is 10.1 Å². The van der Waals surface area contributed by atoms with Gasteiger partial charge in [0.15, 0.2) is 11.2 Å². The van der Waals surface area contributed by atoms with Crippen molar-refractivity contribution in [2.24, 2.45) is 5.92 Å². The van der Waals surface area contributed by atoms with Gasteiger partial charge in [-0.15, -0.1) is 0 Å². The summed E-state index contributed by atoms with van der Waals surface area (Å²) in [5.41, 5.74) is 9.06. The summed E-state index contributed by atoms with van der Waals surface area (Å²) >= 11 is 0.